The fourth-order valence-corrected chi connectivity index (χ4v) is 0.896. The van der Waals surface area contributed by atoms with Crippen LogP contribution in [0.15, 0.2) is 18.2 Å². The summed E-state index contributed by atoms with van der Waals surface area (Å²) in [4.78, 5) is 28.1. The van der Waals surface area contributed by atoms with Crippen LogP contribution in [0.2, 0.25) is 0 Å². The van der Waals surface area contributed by atoms with E-state index in [0.29, 0.717) is 18.2 Å². The van der Waals surface area contributed by atoms with Crippen LogP contribution in [0.4, 0.5) is 17.1 Å². The Morgan fingerprint density at radius 3 is 1.00 bits per heavy atom. The first-order valence-corrected chi connectivity index (χ1v) is 3.50. The summed E-state index contributed by atoms with van der Waals surface area (Å²) in [6, 6.07) is 1.98. The summed E-state index contributed by atoms with van der Waals surface area (Å²) in [5, 5.41) is 30.9. The van der Waals surface area contributed by atoms with Gasteiger partial charge in [-0.25, -0.2) is 0 Å². The van der Waals surface area contributed by atoms with E-state index >= 15 is 0 Å². The summed E-state index contributed by atoms with van der Waals surface area (Å²) in [5.74, 6) is 0. The minimum atomic E-state index is -0.931. The van der Waals surface area contributed by atoms with Gasteiger partial charge in [0.05, 0.1) is 33.0 Å². The van der Waals surface area contributed by atoms with Crippen LogP contribution in [0.25, 0.3) is 0 Å². The molecular formula is C6H3N3NaO6+. The number of nitrogens with zero attached hydrogens (tertiary/aromatic N) is 3. The second-order valence-electron chi connectivity index (χ2n) is 2.48. The largest absolute Gasteiger partial charge is 1.00 e. The Bertz CT molecular complexity index is 383. The number of hydrogen-bond acceptors (Lipinski definition) is 6. The molecule has 0 heterocycles. The van der Waals surface area contributed by atoms with Crippen molar-refractivity contribution >= 4 is 17.1 Å². The first-order valence-electron chi connectivity index (χ1n) is 3.50. The van der Waals surface area contributed by atoms with Crippen LogP contribution >= 0.6 is 0 Å². The maximum Gasteiger partial charge on any atom is 1.00 e. The first kappa shape index (κ1) is 14.4. The Balaban J connectivity index is 0.00000225. The van der Waals surface area contributed by atoms with Crippen molar-refractivity contribution in [1.82, 2.24) is 0 Å². The van der Waals surface area contributed by atoms with Crippen molar-refractivity contribution < 1.29 is 44.3 Å². The summed E-state index contributed by atoms with van der Waals surface area (Å²) < 4.78 is 0. The van der Waals surface area contributed by atoms with Crippen molar-refractivity contribution in [3.05, 3.63) is 48.5 Å². The molecule has 0 aliphatic carbocycles. The van der Waals surface area contributed by atoms with Crippen LogP contribution in [0.5, 0.6) is 0 Å². The molecule has 1 rings (SSSR count). The fraction of sp³-hybridized carbons (Fsp3) is 0. The third-order valence-electron chi connectivity index (χ3n) is 1.52. The van der Waals surface area contributed by atoms with E-state index in [-0.39, 0.29) is 29.6 Å². The first-order chi connectivity index (χ1) is 6.91. The normalized spacial score (nSPS) is 9.00. The van der Waals surface area contributed by atoms with Gasteiger partial charge in [-0.15, -0.1) is 0 Å². The van der Waals surface area contributed by atoms with E-state index in [0.717, 1.165) is 0 Å². The predicted octanol–water partition coefficient (Wildman–Crippen LogP) is -1.58. The molecule has 1 aromatic carbocycles. The standard InChI is InChI=1S/C6H3N3O6.Na/c10-7(11)4-1-5(8(12)13)3-6(2-4)9(14)15;/h1-3H;/q;+1. The van der Waals surface area contributed by atoms with E-state index in [1.165, 1.54) is 0 Å². The Hall–Kier alpha value is -1.58. The zero-order valence-electron chi connectivity index (χ0n) is 8.02. The minimum Gasteiger partial charge on any atom is -0.258 e. The van der Waals surface area contributed by atoms with E-state index in [1.54, 1.807) is 0 Å². The molecule has 0 N–H and O–H groups in total. The summed E-state index contributed by atoms with van der Waals surface area (Å²) in [6.45, 7) is 0. The zero-order chi connectivity index (χ0) is 11.6. The molecule has 0 bridgehead atoms. The van der Waals surface area contributed by atoms with Gasteiger partial charge in [0.25, 0.3) is 17.1 Å². The summed E-state index contributed by atoms with van der Waals surface area (Å²) in [6.07, 6.45) is 0. The summed E-state index contributed by atoms with van der Waals surface area (Å²) >= 11 is 0. The topological polar surface area (TPSA) is 129 Å². The maximum absolute atomic E-state index is 10.3. The van der Waals surface area contributed by atoms with Gasteiger partial charge in [-0.1, -0.05) is 0 Å². The molecule has 0 aromatic heterocycles. The smallest absolute Gasteiger partial charge is 0.258 e. The van der Waals surface area contributed by atoms with Gasteiger partial charge in [0, 0.05) is 0 Å². The van der Waals surface area contributed by atoms with Crippen molar-refractivity contribution in [1.29, 1.82) is 0 Å². The molecule has 9 nitrogen and oxygen atoms in total. The molecule has 16 heavy (non-hydrogen) atoms. The number of hydrogen-bond donors (Lipinski definition) is 0. The quantitative estimate of drug-likeness (QED) is 0.353. The molecule has 0 spiro atoms. The van der Waals surface area contributed by atoms with E-state index in [9.17, 15) is 30.3 Å². The molecule has 0 amide bonds. The number of non-ortho nitro benzene ring substituents is 3. The van der Waals surface area contributed by atoms with Crippen LogP contribution in [-0.4, -0.2) is 14.8 Å². The molecule has 1 aromatic rings. The molecule has 0 fully saturated rings. The van der Waals surface area contributed by atoms with Crippen LogP contribution < -0.4 is 29.6 Å². The van der Waals surface area contributed by atoms with Crippen molar-refractivity contribution in [3.8, 4) is 0 Å². The van der Waals surface area contributed by atoms with Gasteiger partial charge in [0.2, 0.25) is 0 Å². The van der Waals surface area contributed by atoms with E-state index < -0.39 is 31.8 Å². The monoisotopic (exact) mass is 236 g/mol. The predicted molar refractivity (Wildman–Crippen MR) is 46.4 cm³/mol. The van der Waals surface area contributed by atoms with Gasteiger partial charge in [-0.3, -0.25) is 30.3 Å². The number of benzene rings is 1. The van der Waals surface area contributed by atoms with Crippen LogP contribution in [-0.2, 0) is 0 Å². The maximum atomic E-state index is 10.3. The zero-order valence-corrected chi connectivity index (χ0v) is 10.0. The van der Waals surface area contributed by atoms with Gasteiger partial charge in [0.15, 0.2) is 0 Å². The second-order valence-corrected chi connectivity index (χ2v) is 2.48. The minimum absolute atomic E-state index is 0. The molecule has 0 saturated heterocycles. The van der Waals surface area contributed by atoms with E-state index in [1.807, 2.05) is 0 Å². The third-order valence-corrected chi connectivity index (χ3v) is 1.52. The van der Waals surface area contributed by atoms with Crippen LogP contribution in [0, 0.1) is 30.3 Å². The molecule has 0 radical (unpaired) electrons. The molecule has 0 saturated carbocycles. The van der Waals surface area contributed by atoms with Gasteiger partial charge in [0.1, 0.15) is 0 Å². The van der Waals surface area contributed by atoms with Crippen LogP contribution in [0.3, 0.4) is 0 Å². The van der Waals surface area contributed by atoms with Crippen molar-refractivity contribution in [2.75, 3.05) is 0 Å². The van der Waals surface area contributed by atoms with Gasteiger partial charge in [-0.05, 0) is 0 Å². The number of nitro benzene ring substituents is 3. The van der Waals surface area contributed by atoms with Crippen LogP contribution in [0.1, 0.15) is 0 Å². The summed E-state index contributed by atoms with van der Waals surface area (Å²) in [7, 11) is 0. The number of nitro groups is 3. The average molecular weight is 236 g/mol. The molecule has 0 aliphatic heterocycles. The molecule has 0 atom stereocenters. The van der Waals surface area contributed by atoms with Gasteiger partial charge in [-0.2, -0.15) is 0 Å². The molecule has 0 unspecified atom stereocenters. The Morgan fingerprint density at radius 2 is 0.875 bits per heavy atom. The van der Waals surface area contributed by atoms with Gasteiger partial charge >= 0.3 is 29.6 Å². The second kappa shape index (κ2) is 5.49. The summed E-state index contributed by atoms with van der Waals surface area (Å²) in [5.41, 5.74) is -2.05. The van der Waals surface area contributed by atoms with Gasteiger partial charge < -0.3 is 0 Å². The SMILES string of the molecule is O=[N+]([O-])c1cc([N+](=O)[O-])cc([N+](=O)[O-])c1.[Na+]. The third kappa shape index (κ3) is 3.22. The Kier molecular flexibility index (Phi) is 4.95. The van der Waals surface area contributed by atoms with Crippen molar-refractivity contribution in [2.45, 2.75) is 0 Å². The fourth-order valence-electron chi connectivity index (χ4n) is 0.896. The Morgan fingerprint density at radius 1 is 0.688 bits per heavy atom. The average Bonchev–Trinajstić information content (AvgIpc) is 2.16. The Labute approximate surface area is 110 Å². The van der Waals surface area contributed by atoms with Crippen molar-refractivity contribution in [3.63, 3.8) is 0 Å². The van der Waals surface area contributed by atoms with E-state index in [2.05, 4.69) is 0 Å². The van der Waals surface area contributed by atoms with E-state index in [4.69, 9.17) is 0 Å². The molecule has 10 heteroatoms. The molecule has 0 aliphatic rings. The molecule has 78 valence electrons. The number of rotatable bonds is 3. The van der Waals surface area contributed by atoms with Crippen molar-refractivity contribution in [2.24, 2.45) is 0 Å². The molecular weight excluding hydrogens is 233 g/mol.